The summed E-state index contributed by atoms with van der Waals surface area (Å²) in [7, 11) is 0. The maximum Gasteiger partial charge on any atom is 0.223 e. The summed E-state index contributed by atoms with van der Waals surface area (Å²) >= 11 is 0. The van der Waals surface area contributed by atoms with Crippen molar-refractivity contribution in [3.63, 3.8) is 0 Å². The molecule has 1 aliphatic heterocycles. The Bertz CT molecular complexity index is 245. The van der Waals surface area contributed by atoms with Crippen molar-refractivity contribution >= 4 is 5.91 Å². The third-order valence-electron chi connectivity index (χ3n) is 3.92. The van der Waals surface area contributed by atoms with Crippen LogP contribution >= 0.6 is 0 Å². The van der Waals surface area contributed by atoms with Crippen LogP contribution in [0.15, 0.2) is 0 Å². The fourth-order valence-corrected chi connectivity index (χ4v) is 2.66. The molecule has 3 nitrogen and oxygen atoms in total. The fourth-order valence-electron chi connectivity index (χ4n) is 2.66. The summed E-state index contributed by atoms with van der Waals surface area (Å²) in [5.74, 6) is 1.31. The van der Waals surface area contributed by atoms with Crippen LogP contribution in [-0.4, -0.2) is 36.5 Å². The minimum Gasteiger partial charge on any atom is -0.343 e. The molecular formula is C14H26N2O. The number of amides is 1. The van der Waals surface area contributed by atoms with Gasteiger partial charge in [-0.05, 0) is 38.5 Å². The number of piperidine rings is 1. The molecule has 1 atom stereocenters. The molecule has 0 bridgehead atoms. The average Bonchev–Trinajstić information content (AvgIpc) is 3.14. The molecule has 2 fully saturated rings. The Hall–Kier alpha value is -0.570. The predicted molar refractivity (Wildman–Crippen MR) is 69.9 cm³/mol. The fraction of sp³-hybridized carbons (Fsp3) is 0.929. The van der Waals surface area contributed by atoms with Gasteiger partial charge < -0.3 is 10.2 Å². The molecule has 0 spiro atoms. The van der Waals surface area contributed by atoms with E-state index in [1.807, 2.05) is 4.90 Å². The zero-order chi connectivity index (χ0) is 12.1. The normalized spacial score (nSPS) is 22.5. The lowest BCUT2D eigenvalue weighted by atomic mass is 10.1. The van der Waals surface area contributed by atoms with Crippen molar-refractivity contribution in [2.75, 3.05) is 19.6 Å². The van der Waals surface area contributed by atoms with Crippen LogP contribution in [0.3, 0.4) is 0 Å². The van der Waals surface area contributed by atoms with Gasteiger partial charge in [0, 0.05) is 32.1 Å². The van der Waals surface area contributed by atoms with E-state index in [4.69, 9.17) is 0 Å². The quantitative estimate of drug-likeness (QED) is 0.769. The van der Waals surface area contributed by atoms with Gasteiger partial charge >= 0.3 is 0 Å². The van der Waals surface area contributed by atoms with E-state index in [1.165, 1.54) is 38.5 Å². The number of likely N-dealkylation sites (tertiary alicyclic amines) is 1. The van der Waals surface area contributed by atoms with Gasteiger partial charge in [0.05, 0.1) is 0 Å². The Labute approximate surface area is 105 Å². The smallest absolute Gasteiger partial charge is 0.223 e. The summed E-state index contributed by atoms with van der Waals surface area (Å²) in [5, 5.41) is 3.48. The summed E-state index contributed by atoms with van der Waals surface area (Å²) in [4.78, 5) is 13.9. The molecule has 0 aromatic carbocycles. The molecule has 0 aromatic heterocycles. The van der Waals surface area contributed by atoms with Crippen LogP contribution in [0.25, 0.3) is 0 Å². The monoisotopic (exact) mass is 238 g/mol. The first kappa shape index (κ1) is 12.9. The first-order valence-electron chi connectivity index (χ1n) is 7.27. The maximum atomic E-state index is 11.9. The summed E-state index contributed by atoms with van der Waals surface area (Å²) in [6, 6.07) is 0.580. The van der Waals surface area contributed by atoms with Gasteiger partial charge in [-0.25, -0.2) is 0 Å². The van der Waals surface area contributed by atoms with Gasteiger partial charge in [-0.15, -0.1) is 0 Å². The molecular weight excluding hydrogens is 212 g/mol. The van der Waals surface area contributed by atoms with E-state index in [0.29, 0.717) is 18.4 Å². The highest BCUT2D eigenvalue weighted by atomic mass is 16.2. The van der Waals surface area contributed by atoms with Crippen molar-refractivity contribution in [2.24, 2.45) is 5.92 Å². The number of nitrogens with zero attached hydrogens (tertiary/aromatic N) is 1. The average molecular weight is 238 g/mol. The van der Waals surface area contributed by atoms with E-state index >= 15 is 0 Å². The van der Waals surface area contributed by atoms with Crippen LogP contribution < -0.4 is 5.32 Å². The van der Waals surface area contributed by atoms with E-state index in [1.54, 1.807) is 0 Å². The van der Waals surface area contributed by atoms with Crippen LogP contribution in [0, 0.1) is 5.92 Å². The van der Waals surface area contributed by atoms with E-state index < -0.39 is 0 Å². The second kappa shape index (κ2) is 6.39. The lowest BCUT2D eigenvalue weighted by Crippen LogP contribution is -2.38. The molecule has 98 valence electrons. The van der Waals surface area contributed by atoms with Gasteiger partial charge in [0.25, 0.3) is 0 Å². The van der Waals surface area contributed by atoms with Crippen LogP contribution in [0.5, 0.6) is 0 Å². The highest BCUT2D eigenvalue weighted by molar-refractivity contribution is 5.76. The Balaban J connectivity index is 1.55. The van der Waals surface area contributed by atoms with E-state index in [2.05, 4.69) is 12.2 Å². The van der Waals surface area contributed by atoms with E-state index in [-0.39, 0.29) is 0 Å². The number of rotatable bonds is 6. The number of hydrogen-bond acceptors (Lipinski definition) is 2. The first-order valence-corrected chi connectivity index (χ1v) is 7.27. The molecule has 1 amide bonds. The summed E-state index contributed by atoms with van der Waals surface area (Å²) in [5.41, 5.74) is 0. The number of carbonyl (C=O) groups excluding carboxylic acids is 1. The molecule has 0 aromatic rings. The van der Waals surface area contributed by atoms with E-state index in [0.717, 1.165) is 25.6 Å². The first-order chi connectivity index (χ1) is 8.25. The van der Waals surface area contributed by atoms with Gasteiger partial charge in [-0.3, -0.25) is 4.79 Å². The van der Waals surface area contributed by atoms with Crippen molar-refractivity contribution < 1.29 is 4.79 Å². The van der Waals surface area contributed by atoms with Crippen molar-refractivity contribution in [3.05, 3.63) is 0 Å². The summed E-state index contributed by atoms with van der Waals surface area (Å²) < 4.78 is 0. The Morgan fingerprint density at radius 3 is 2.65 bits per heavy atom. The van der Waals surface area contributed by atoms with Crippen molar-refractivity contribution in [1.29, 1.82) is 0 Å². The summed E-state index contributed by atoms with van der Waals surface area (Å²) in [6.45, 7) is 5.06. The van der Waals surface area contributed by atoms with Crippen LogP contribution in [0.2, 0.25) is 0 Å². The van der Waals surface area contributed by atoms with Gasteiger partial charge in [-0.1, -0.05) is 12.8 Å². The SMILES string of the molecule is CC(CC1CC1)NCCC(=O)N1CCCCC1. The number of hydrogen-bond donors (Lipinski definition) is 1. The molecule has 2 aliphatic rings. The van der Waals surface area contributed by atoms with Crippen molar-refractivity contribution in [2.45, 2.75) is 57.9 Å². The largest absolute Gasteiger partial charge is 0.343 e. The molecule has 2 rings (SSSR count). The number of carbonyl (C=O) groups is 1. The molecule has 1 saturated heterocycles. The van der Waals surface area contributed by atoms with Gasteiger partial charge in [0.1, 0.15) is 0 Å². The Morgan fingerprint density at radius 1 is 1.29 bits per heavy atom. The highest BCUT2D eigenvalue weighted by Gasteiger charge is 2.23. The van der Waals surface area contributed by atoms with Gasteiger partial charge in [0.2, 0.25) is 5.91 Å². The second-order valence-corrected chi connectivity index (χ2v) is 5.73. The van der Waals surface area contributed by atoms with Crippen molar-refractivity contribution in [3.8, 4) is 0 Å². The zero-order valence-electron chi connectivity index (χ0n) is 11.1. The topological polar surface area (TPSA) is 32.3 Å². The highest BCUT2D eigenvalue weighted by Crippen LogP contribution is 2.33. The van der Waals surface area contributed by atoms with Crippen LogP contribution in [-0.2, 0) is 4.79 Å². The zero-order valence-corrected chi connectivity index (χ0v) is 11.1. The Kier molecular flexibility index (Phi) is 4.84. The van der Waals surface area contributed by atoms with Crippen molar-refractivity contribution in [1.82, 2.24) is 10.2 Å². The molecule has 17 heavy (non-hydrogen) atoms. The number of nitrogens with one attached hydrogen (secondary N) is 1. The van der Waals surface area contributed by atoms with E-state index in [9.17, 15) is 4.79 Å². The van der Waals surface area contributed by atoms with Gasteiger partial charge in [-0.2, -0.15) is 0 Å². The third kappa shape index (κ3) is 4.66. The van der Waals surface area contributed by atoms with Crippen LogP contribution in [0.1, 0.15) is 51.9 Å². The minimum absolute atomic E-state index is 0.343. The standard InChI is InChI=1S/C14H26N2O/c1-12(11-13-5-6-13)15-8-7-14(17)16-9-3-2-4-10-16/h12-13,15H,2-11H2,1H3. The lowest BCUT2D eigenvalue weighted by molar-refractivity contribution is -0.131. The lowest BCUT2D eigenvalue weighted by Gasteiger charge is -2.27. The maximum absolute atomic E-state index is 11.9. The predicted octanol–water partition coefficient (Wildman–Crippen LogP) is 2.17. The molecule has 1 saturated carbocycles. The Morgan fingerprint density at radius 2 is 2.00 bits per heavy atom. The third-order valence-corrected chi connectivity index (χ3v) is 3.92. The molecule has 1 heterocycles. The molecule has 1 unspecified atom stereocenters. The minimum atomic E-state index is 0.343. The summed E-state index contributed by atoms with van der Waals surface area (Å²) in [6.07, 6.45) is 8.47. The van der Waals surface area contributed by atoms with Gasteiger partial charge in [0.15, 0.2) is 0 Å². The molecule has 3 heteroatoms. The molecule has 0 radical (unpaired) electrons. The van der Waals surface area contributed by atoms with Crippen LogP contribution in [0.4, 0.5) is 0 Å². The molecule has 1 aliphatic carbocycles. The molecule has 1 N–H and O–H groups in total. The second-order valence-electron chi connectivity index (χ2n) is 5.73.